The molecule has 2 aromatic carbocycles. The molecular weight excluding hydrogens is 606 g/mol. The van der Waals surface area contributed by atoms with Crippen molar-refractivity contribution in [3.05, 3.63) is 58.9 Å². The molecule has 46 heavy (non-hydrogen) atoms. The molecule has 0 saturated carbocycles. The second-order valence-electron chi connectivity index (χ2n) is 12.8. The van der Waals surface area contributed by atoms with Gasteiger partial charge in [0.2, 0.25) is 23.7 Å². The smallest absolute Gasteiger partial charge is 0.238 e. The van der Waals surface area contributed by atoms with Gasteiger partial charge in [0.25, 0.3) is 0 Å². The van der Waals surface area contributed by atoms with Gasteiger partial charge in [-0.3, -0.25) is 24.4 Å². The van der Waals surface area contributed by atoms with Crippen LogP contribution >= 0.6 is 11.6 Å². The third-order valence-corrected chi connectivity index (χ3v) is 9.95. The zero-order chi connectivity index (χ0) is 32.3. The number of fused-ring (bicyclic) bond motifs is 2. The van der Waals surface area contributed by atoms with Crippen LogP contribution in [0.4, 0.5) is 28.8 Å². The summed E-state index contributed by atoms with van der Waals surface area (Å²) in [5.41, 5.74) is 4.44. The Morgan fingerprint density at radius 1 is 1.09 bits per heavy atom. The summed E-state index contributed by atoms with van der Waals surface area (Å²) in [5.74, 6) is 0.958. The molecule has 13 heteroatoms. The van der Waals surface area contributed by atoms with Crippen molar-refractivity contribution in [3.8, 4) is 0 Å². The van der Waals surface area contributed by atoms with E-state index in [1.165, 1.54) is 0 Å². The lowest BCUT2D eigenvalue weighted by Gasteiger charge is -2.38. The average molecular weight is 642 g/mol. The molecule has 3 amide bonds. The number of aryl methyl sites for hydroxylation is 1. The summed E-state index contributed by atoms with van der Waals surface area (Å²) in [6, 6.07) is 12.2. The number of amides is 3. The largest absolute Gasteiger partial charge is 0.382 e. The van der Waals surface area contributed by atoms with Crippen LogP contribution in [0.15, 0.2) is 42.6 Å². The van der Waals surface area contributed by atoms with Crippen LogP contribution in [0.3, 0.4) is 0 Å². The maximum absolute atomic E-state index is 12.8. The zero-order valence-electron chi connectivity index (χ0n) is 26.2. The topological polar surface area (TPSA) is 137 Å². The molecule has 7 rings (SSSR count). The van der Waals surface area contributed by atoms with E-state index >= 15 is 0 Å². The number of nitrogens with zero attached hydrogens (tertiary/aromatic N) is 6. The molecule has 238 valence electrons. The highest BCUT2D eigenvalue weighted by molar-refractivity contribution is 6.33. The lowest BCUT2D eigenvalue weighted by molar-refractivity contribution is -0.137. The van der Waals surface area contributed by atoms with E-state index < -0.39 is 5.41 Å². The summed E-state index contributed by atoms with van der Waals surface area (Å²) in [7, 11) is 3.67. The Bertz CT molecular complexity index is 1910. The number of imide groups is 1. The van der Waals surface area contributed by atoms with Crippen molar-refractivity contribution < 1.29 is 14.4 Å². The van der Waals surface area contributed by atoms with E-state index in [9.17, 15) is 14.4 Å². The highest BCUT2D eigenvalue weighted by Crippen LogP contribution is 2.37. The van der Waals surface area contributed by atoms with Gasteiger partial charge in [-0.2, -0.15) is 10.1 Å². The number of hydrogen-bond acceptors (Lipinski definition) is 9. The van der Waals surface area contributed by atoms with Crippen molar-refractivity contribution in [1.82, 2.24) is 25.1 Å². The Labute approximate surface area is 271 Å². The third kappa shape index (κ3) is 5.20. The standard InChI is InChI=1S/C33H36ClN9O3/c1-18-17-43(32-35-16-23(34)30(39-32)37-20-6-8-25-19(13-20)14-28(45)41(25)3)12-10-24(18)36-21-5-7-22-26(15-21)42(4)40-29(22)33(2)11-9-27(44)38-31(33)46/h5-8,13,15-16,18,24,36H,9-12,14,17H2,1-4H3,(H,35,37,39)(H,38,44,46)/t18-,24-,33?/m1/s1. The first-order chi connectivity index (χ1) is 22.0. The van der Waals surface area contributed by atoms with Gasteiger partial charge in [-0.15, -0.1) is 0 Å². The molecule has 2 saturated heterocycles. The van der Waals surface area contributed by atoms with E-state index in [4.69, 9.17) is 21.7 Å². The first-order valence-corrected chi connectivity index (χ1v) is 15.9. The first kappa shape index (κ1) is 30.0. The van der Waals surface area contributed by atoms with E-state index in [0.717, 1.165) is 53.0 Å². The van der Waals surface area contributed by atoms with E-state index in [2.05, 4.69) is 38.8 Å². The molecule has 0 radical (unpaired) electrons. The van der Waals surface area contributed by atoms with Gasteiger partial charge in [-0.25, -0.2) is 4.98 Å². The van der Waals surface area contributed by atoms with Crippen LogP contribution < -0.4 is 25.8 Å². The Morgan fingerprint density at radius 2 is 1.89 bits per heavy atom. The molecule has 2 aromatic heterocycles. The third-order valence-electron chi connectivity index (χ3n) is 9.67. The number of rotatable bonds is 6. The minimum Gasteiger partial charge on any atom is -0.382 e. The highest BCUT2D eigenvalue weighted by atomic mass is 35.5. The molecule has 5 heterocycles. The summed E-state index contributed by atoms with van der Waals surface area (Å²) >= 11 is 6.49. The summed E-state index contributed by atoms with van der Waals surface area (Å²) in [6.45, 7) is 5.60. The SMILES string of the molecule is C[C@@H]1CN(c2ncc(Cl)c(Nc3ccc4c(c3)CC(=O)N4C)n2)CC[C@H]1Nc1ccc2c(C3(C)CCC(=O)NC3=O)nn(C)c2c1. The Balaban J connectivity index is 1.03. The number of likely N-dealkylation sites (N-methyl/N-ethyl adjacent to an activating group) is 1. The molecule has 12 nitrogen and oxygen atoms in total. The summed E-state index contributed by atoms with van der Waals surface area (Å²) in [6.07, 6.45) is 3.61. The van der Waals surface area contributed by atoms with Crippen LogP contribution in [0.5, 0.6) is 0 Å². The Hall–Kier alpha value is -4.71. The minimum absolute atomic E-state index is 0.0763. The van der Waals surface area contributed by atoms with E-state index in [1.54, 1.807) is 22.8 Å². The van der Waals surface area contributed by atoms with Crippen molar-refractivity contribution in [1.29, 1.82) is 0 Å². The highest BCUT2D eigenvalue weighted by Gasteiger charge is 2.43. The van der Waals surface area contributed by atoms with Crippen molar-refractivity contribution in [3.63, 3.8) is 0 Å². The van der Waals surface area contributed by atoms with Gasteiger partial charge in [0, 0.05) is 62.1 Å². The van der Waals surface area contributed by atoms with Crippen LogP contribution in [-0.4, -0.2) is 63.6 Å². The van der Waals surface area contributed by atoms with Gasteiger partial charge in [-0.05, 0) is 67.6 Å². The van der Waals surface area contributed by atoms with Crippen molar-refractivity contribution >= 4 is 69.1 Å². The number of hydrogen-bond donors (Lipinski definition) is 3. The first-order valence-electron chi connectivity index (χ1n) is 15.5. The second-order valence-corrected chi connectivity index (χ2v) is 13.2. The zero-order valence-corrected chi connectivity index (χ0v) is 27.0. The van der Waals surface area contributed by atoms with Crippen molar-refractivity contribution in [2.24, 2.45) is 13.0 Å². The Morgan fingerprint density at radius 3 is 2.67 bits per heavy atom. The molecule has 0 spiro atoms. The normalized spacial score (nSPS) is 23.1. The van der Waals surface area contributed by atoms with Crippen molar-refractivity contribution in [2.75, 3.05) is 40.6 Å². The molecule has 2 fully saturated rings. The second kappa shape index (κ2) is 11.3. The number of carbonyl (C=O) groups excluding carboxylic acids is 3. The Kier molecular flexibility index (Phi) is 7.34. The predicted molar refractivity (Wildman–Crippen MR) is 178 cm³/mol. The average Bonchev–Trinajstić information content (AvgIpc) is 3.51. The fourth-order valence-corrected chi connectivity index (χ4v) is 6.96. The lowest BCUT2D eigenvalue weighted by atomic mass is 9.77. The summed E-state index contributed by atoms with van der Waals surface area (Å²) in [4.78, 5) is 49.9. The molecule has 3 aliphatic rings. The number of carbonyl (C=O) groups is 3. The lowest BCUT2D eigenvalue weighted by Crippen LogP contribution is -2.50. The van der Waals surface area contributed by atoms with Gasteiger partial charge in [0.05, 0.1) is 29.2 Å². The molecule has 4 aromatic rings. The maximum Gasteiger partial charge on any atom is 0.238 e. The molecule has 3 aliphatic heterocycles. The van der Waals surface area contributed by atoms with Gasteiger partial charge < -0.3 is 20.4 Å². The monoisotopic (exact) mass is 641 g/mol. The number of piperidine rings is 2. The van der Waals surface area contributed by atoms with Gasteiger partial charge >= 0.3 is 0 Å². The molecule has 0 aliphatic carbocycles. The van der Waals surface area contributed by atoms with Gasteiger partial charge in [0.15, 0.2) is 5.82 Å². The van der Waals surface area contributed by atoms with Gasteiger partial charge in [0.1, 0.15) is 5.02 Å². The number of benzene rings is 2. The van der Waals surface area contributed by atoms with Crippen LogP contribution in [0.1, 0.15) is 44.4 Å². The number of nitrogens with one attached hydrogen (secondary N) is 3. The fraction of sp³-hybridized carbons (Fsp3) is 0.394. The van der Waals surface area contributed by atoms with Crippen molar-refractivity contribution in [2.45, 2.75) is 51.0 Å². The van der Waals surface area contributed by atoms with Crippen LogP contribution in [0.2, 0.25) is 5.02 Å². The summed E-state index contributed by atoms with van der Waals surface area (Å²) in [5, 5.41) is 15.6. The summed E-state index contributed by atoms with van der Waals surface area (Å²) < 4.78 is 1.81. The van der Waals surface area contributed by atoms with Crippen LogP contribution in [0, 0.1) is 5.92 Å². The quantitative estimate of drug-likeness (QED) is 0.263. The minimum atomic E-state index is -0.860. The molecular formula is C33H36ClN9O3. The van der Waals surface area contributed by atoms with E-state index in [-0.39, 0.29) is 29.7 Å². The fourth-order valence-electron chi connectivity index (χ4n) is 6.82. The maximum atomic E-state index is 12.8. The van der Waals surface area contributed by atoms with Crippen LogP contribution in [0.25, 0.3) is 10.9 Å². The van der Waals surface area contributed by atoms with Crippen LogP contribution in [-0.2, 0) is 33.3 Å². The predicted octanol–water partition coefficient (Wildman–Crippen LogP) is 4.30. The molecule has 3 atom stereocenters. The number of halogens is 1. The molecule has 0 bridgehead atoms. The number of aromatic nitrogens is 4. The van der Waals surface area contributed by atoms with E-state index in [1.807, 2.05) is 44.3 Å². The van der Waals surface area contributed by atoms with E-state index in [0.29, 0.717) is 41.7 Å². The molecule has 3 N–H and O–H groups in total. The number of anilines is 5. The van der Waals surface area contributed by atoms with Gasteiger partial charge in [-0.1, -0.05) is 18.5 Å². The molecule has 1 unspecified atom stereocenters.